The Labute approximate surface area is 155 Å². The minimum atomic E-state index is -0.123. The number of thioether (sulfide) groups is 1. The molecular weight excluding hydrogens is 350 g/mol. The molecule has 0 unspecified atom stereocenters. The first-order chi connectivity index (χ1) is 12.6. The van der Waals surface area contributed by atoms with E-state index in [9.17, 15) is 4.79 Å². The van der Waals surface area contributed by atoms with Crippen molar-refractivity contribution in [1.29, 1.82) is 0 Å². The van der Waals surface area contributed by atoms with E-state index >= 15 is 0 Å². The maximum Gasteiger partial charge on any atom is 0.234 e. The lowest BCUT2D eigenvalue weighted by molar-refractivity contribution is -0.113. The Bertz CT molecular complexity index is 908. The summed E-state index contributed by atoms with van der Waals surface area (Å²) in [5.74, 6) is 0.839. The number of aryl methyl sites for hydroxylation is 2. The van der Waals surface area contributed by atoms with Crippen molar-refractivity contribution in [2.45, 2.75) is 19.0 Å². The smallest absolute Gasteiger partial charge is 0.234 e. The van der Waals surface area contributed by atoms with Crippen LogP contribution in [0.2, 0.25) is 0 Å². The zero-order valence-electron chi connectivity index (χ0n) is 14.8. The summed E-state index contributed by atoms with van der Waals surface area (Å²) in [5, 5.41) is 15.2. The fraction of sp³-hybridized carbons (Fsp3) is 0.222. The molecule has 0 saturated carbocycles. The fourth-order valence-corrected chi connectivity index (χ4v) is 3.03. The molecule has 0 bridgehead atoms. The van der Waals surface area contributed by atoms with E-state index in [2.05, 4.69) is 20.8 Å². The second-order valence-corrected chi connectivity index (χ2v) is 6.67. The third-order valence-electron chi connectivity index (χ3n) is 3.76. The average Bonchev–Trinajstić information content (AvgIpc) is 3.11. The molecule has 0 radical (unpaired) electrons. The minimum absolute atomic E-state index is 0.123. The topological polar surface area (TPSA) is 81.9 Å². The van der Waals surface area contributed by atoms with Crippen LogP contribution in [0.3, 0.4) is 0 Å². The molecule has 2 aromatic carbocycles. The van der Waals surface area contributed by atoms with Crippen LogP contribution in [-0.2, 0) is 4.79 Å². The SMILES string of the molecule is COc1ccc(NC(=O)CSc2nnnn2-c2ccc(C)cc2)c(C)c1. The van der Waals surface area contributed by atoms with E-state index < -0.39 is 0 Å². The number of rotatable bonds is 6. The first-order valence-electron chi connectivity index (χ1n) is 7.99. The summed E-state index contributed by atoms with van der Waals surface area (Å²) < 4.78 is 6.79. The van der Waals surface area contributed by atoms with Gasteiger partial charge in [0.05, 0.1) is 18.6 Å². The molecule has 3 aromatic rings. The van der Waals surface area contributed by atoms with Crippen LogP contribution in [0, 0.1) is 13.8 Å². The Morgan fingerprint density at radius 2 is 1.96 bits per heavy atom. The summed E-state index contributed by atoms with van der Waals surface area (Å²) in [6.45, 7) is 3.94. The maximum atomic E-state index is 12.3. The van der Waals surface area contributed by atoms with E-state index in [4.69, 9.17) is 4.74 Å². The van der Waals surface area contributed by atoms with Gasteiger partial charge in [-0.1, -0.05) is 29.5 Å². The molecule has 7 nitrogen and oxygen atoms in total. The summed E-state index contributed by atoms with van der Waals surface area (Å²) in [7, 11) is 1.61. The highest BCUT2D eigenvalue weighted by molar-refractivity contribution is 7.99. The molecular formula is C18H19N5O2S. The van der Waals surface area contributed by atoms with Gasteiger partial charge in [0.15, 0.2) is 0 Å². The van der Waals surface area contributed by atoms with Gasteiger partial charge in [-0.05, 0) is 60.2 Å². The lowest BCUT2D eigenvalue weighted by atomic mass is 10.2. The number of tetrazole rings is 1. The number of benzene rings is 2. The van der Waals surface area contributed by atoms with Crippen molar-refractivity contribution in [3.05, 3.63) is 53.6 Å². The van der Waals surface area contributed by atoms with E-state index in [0.29, 0.717) is 5.16 Å². The van der Waals surface area contributed by atoms with E-state index in [-0.39, 0.29) is 11.7 Å². The van der Waals surface area contributed by atoms with E-state index in [0.717, 1.165) is 28.3 Å². The van der Waals surface area contributed by atoms with Crippen molar-refractivity contribution in [2.75, 3.05) is 18.2 Å². The van der Waals surface area contributed by atoms with Crippen molar-refractivity contribution in [1.82, 2.24) is 20.2 Å². The van der Waals surface area contributed by atoms with Crippen molar-refractivity contribution in [2.24, 2.45) is 0 Å². The minimum Gasteiger partial charge on any atom is -0.497 e. The maximum absolute atomic E-state index is 12.3. The number of carbonyl (C=O) groups excluding carboxylic acids is 1. The molecule has 1 aromatic heterocycles. The van der Waals surface area contributed by atoms with Crippen LogP contribution in [0.4, 0.5) is 5.69 Å². The Kier molecular flexibility index (Phi) is 5.52. The molecule has 26 heavy (non-hydrogen) atoms. The molecule has 8 heteroatoms. The largest absolute Gasteiger partial charge is 0.497 e. The number of hydrogen-bond donors (Lipinski definition) is 1. The average molecular weight is 369 g/mol. The predicted octanol–water partition coefficient (Wildman–Crippen LogP) is 3.02. The van der Waals surface area contributed by atoms with E-state index in [1.54, 1.807) is 11.8 Å². The summed E-state index contributed by atoms with van der Waals surface area (Å²) in [6.07, 6.45) is 0. The number of ether oxygens (including phenoxy) is 1. The lowest BCUT2D eigenvalue weighted by Crippen LogP contribution is -2.15. The van der Waals surface area contributed by atoms with Gasteiger partial charge in [0, 0.05) is 5.69 Å². The van der Waals surface area contributed by atoms with Gasteiger partial charge in [0.25, 0.3) is 0 Å². The molecule has 3 rings (SSSR count). The number of nitrogens with one attached hydrogen (secondary N) is 1. The Morgan fingerprint density at radius 3 is 2.65 bits per heavy atom. The molecule has 0 aliphatic rings. The van der Waals surface area contributed by atoms with Crippen molar-refractivity contribution >= 4 is 23.4 Å². The van der Waals surface area contributed by atoms with Crippen LogP contribution in [-0.4, -0.2) is 39.0 Å². The summed E-state index contributed by atoms with van der Waals surface area (Å²) in [6, 6.07) is 13.4. The van der Waals surface area contributed by atoms with Gasteiger partial charge in [-0.15, -0.1) is 5.10 Å². The summed E-state index contributed by atoms with van der Waals surface area (Å²) >= 11 is 1.28. The zero-order valence-corrected chi connectivity index (χ0v) is 15.6. The second-order valence-electron chi connectivity index (χ2n) is 5.73. The molecule has 0 aliphatic carbocycles. The van der Waals surface area contributed by atoms with Crippen molar-refractivity contribution < 1.29 is 9.53 Å². The number of nitrogens with zero attached hydrogens (tertiary/aromatic N) is 4. The van der Waals surface area contributed by atoms with Crippen LogP contribution >= 0.6 is 11.8 Å². The molecule has 1 N–H and O–H groups in total. The van der Waals surface area contributed by atoms with E-state index in [1.165, 1.54) is 11.8 Å². The molecule has 1 amide bonds. The van der Waals surface area contributed by atoms with Gasteiger partial charge in [-0.25, -0.2) is 0 Å². The lowest BCUT2D eigenvalue weighted by Gasteiger charge is -2.10. The Hall–Kier alpha value is -2.87. The van der Waals surface area contributed by atoms with Crippen molar-refractivity contribution in [3.8, 4) is 11.4 Å². The molecule has 0 saturated heterocycles. The number of anilines is 1. The number of hydrogen-bond acceptors (Lipinski definition) is 6. The normalized spacial score (nSPS) is 10.6. The van der Waals surface area contributed by atoms with E-state index in [1.807, 2.05) is 56.3 Å². The van der Waals surface area contributed by atoms with Crippen LogP contribution in [0.1, 0.15) is 11.1 Å². The van der Waals surface area contributed by atoms with Crippen molar-refractivity contribution in [3.63, 3.8) is 0 Å². The first kappa shape index (κ1) is 17.9. The Morgan fingerprint density at radius 1 is 1.19 bits per heavy atom. The third-order valence-corrected chi connectivity index (χ3v) is 4.68. The van der Waals surface area contributed by atoms with Gasteiger partial charge in [-0.2, -0.15) is 4.68 Å². The molecule has 0 aliphatic heterocycles. The number of carbonyl (C=O) groups is 1. The quantitative estimate of drug-likeness (QED) is 0.673. The number of aromatic nitrogens is 4. The van der Waals surface area contributed by atoms with Crippen LogP contribution in [0.25, 0.3) is 5.69 Å². The molecule has 134 valence electrons. The monoisotopic (exact) mass is 369 g/mol. The third kappa shape index (κ3) is 4.20. The van der Waals surface area contributed by atoms with Crippen LogP contribution in [0.5, 0.6) is 5.75 Å². The molecule has 0 fully saturated rings. The van der Waals surface area contributed by atoms with Gasteiger partial charge in [0.1, 0.15) is 5.75 Å². The van der Waals surface area contributed by atoms with Gasteiger partial charge in [0.2, 0.25) is 11.1 Å². The second kappa shape index (κ2) is 8.01. The molecule has 1 heterocycles. The predicted molar refractivity (Wildman–Crippen MR) is 101 cm³/mol. The molecule has 0 atom stereocenters. The number of methoxy groups -OCH3 is 1. The van der Waals surface area contributed by atoms with Crippen LogP contribution < -0.4 is 10.1 Å². The number of amides is 1. The highest BCUT2D eigenvalue weighted by Crippen LogP contribution is 2.22. The van der Waals surface area contributed by atoms with Crippen LogP contribution in [0.15, 0.2) is 47.6 Å². The highest BCUT2D eigenvalue weighted by Gasteiger charge is 2.12. The van der Waals surface area contributed by atoms with Gasteiger partial charge in [-0.3, -0.25) is 4.79 Å². The van der Waals surface area contributed by atoms with Gasteiger partial charge >= 0.3 is 0 Å². The Balaban J connectivity index is 1.64. The van der Waals surface area contributed by atoms with Gasteiger partial charge < -0.3 is 10.1 Å². The standard InChI is InChI=1S/C18H19N5O2S/c1-12-4-6-14(7-5-12)23-18(20-21-22-23)26-11-17(24)19-16-9-8-15(25-3)10-13(16)2/h4-10H,11H2,1-3H3,(H,19,24). The zero-order chi connectivity index (χ0) is 18.5. The fourth-order valence-electron chi connectivity index (χ4n) is 2.34. The first-order valence-corrected chi connectivity index (χ1v) is 8.98. The highest BCUT2D eigenvalue weighted by atomic mass is 32.2. The summed E-state index contributed by atoms with van der Waals surface area (Å²) in [4.78, 5) is 12.3. The molecule has 0 spiro atoms. The summed E-state index contributed by atoms with van der Waals surface area (Å²) in [5.41, 5.74) is 3.71.